The topological polar surface area (TPSA) is 96.7 Å². The number of carbonyl (C=O) groups excluding carboxylic acids is 1. The largest absolute Gasteiger partial charge is 0.348 e. The summed E-state index contributed by atoms with van der Waals surface area (Å²) in [5.74, 6) is -0.300. The highest BCUT2D eigenvalue weighted by Gasteiger charge is 2.30. The van der Waals surface area contributed by atoms with Gasteiger partial charge in [0, 0.05) is 36.6 Å². The third-order valence-electron chi connectivity index (χ3n) is 5.61. The van der Waals surface area contributed by atoms with E-state index < -0.39 is 10.0 Å². The molecule has 0 unspecified atom stereocenters. The molecule has 0 atom stereocenters. The normalized spacial score (nSPS) is 16.4. The Bertz CT molecular complexity index is 1410. The third-order valence-corrected chi connectivity index (χ3v) is 6.76. The minimum Gasteiger partial charge on any atom is -0.348 e. The lowest BCUT2D eigenvalue weighted by Gasteiger charge is -2.28. The Labute approximate surface area is 198 Å². The number of aromatic nitrogens is 2. The average Bonchev–Trinajstić information content (AvgIpc) is 3.25. The average molecular weight is 474 g/mol. The number of hydrogen-bond acceptors (Lipinski definition) is 5. The summed E-state index contributed by atoms with van der Waals surface area (Å²) in [4.78, 5) is 14.7. The van der Waals surface area contributed by atoms with Gasteiger partial charge in [-0.15, -0.1) is 4.40 Å². The zero-order chi connectivity index (χ0) is 23.5. The molecule has 3 heterocycles. The number of allylic oxidation sites excluding steroid dienone is 2. The number of amides is 1. The van der Waals surface area contributed by atoms with Crippen molar-refractivity contribution in [2.24, 2.45) is 4.40 Å². The van der Waals surface area contributed by atoms with E-state index in [9.17, 15) is 13.2 Å². The van der Waals surface area contributed by atoms with Crippen LogP contribution in [0.25, 0.3) is 11.3 Å². The molecule has 1 aromatic heterocycles. The summed E-state index contributed by atoms with van der Waals surface area (Å²) in [6.45, 7) is 1.11. The Hall–Kier alpha value is -3.98. The molecule has 0 radical (unpaired) electrons. The summed E-state index contributed by atoms with van der Waals surface area (Å²) in [5, 5.41) is 7.70. The number of carbonyl (C=O) groups is 1. The van der Waals surface area contributed by atoms with Gasteiger partial charge in [-0.3, -0.25) is 9.48 Å². The summed E-state index contributed by atoms with van der Waals surface area (Å²) in [5.41, 5.74) is 3.94. The van der Waals surface area contributed by atoms with Crippen LogP contribution in [0.1, 0.15) is 11.1 Å². The van der Waals surface area contributed by atoms with E-state index >= 15 is 0 Å². The van der Waals surface area contributed by atoms with Crippen molar-refractivity contribution < 1.29 is 13.2 Å². The molecule has 0 fully saturated rings. The van der Waals surface area contributed by atoms with E-state index in [0.29, 0.717) is 6.54 Å². The molecule has 5 rings (SSSR count). The zero-order valence-corrected chi connectivity index (χ0v) is 19.1. The van der Waals surface area contributed by atoms with Gasteiger partial charge in [0.25, 0.3) is 15.9 Å². The molecular formula is C25H23N5O3S. The molecular weight excluding hydrogens is 450 g/mol. The number of nitrogens with one attached hydrogen (secondary N) is 1. The minimum atomic E-state index is -3.58. The molecule has 9 heteroatoms. The molecule has 8 nitrogen and oxygen atoms in total. The second-order valence-corrected chi connectivity index (χ2v) is 9.81. The van der Waals surface area contributed by atoms with Crippen LogP contribution in [0.3, 0.4) is 0 Å². The number of benzene rings is 2. The maximum absolute atomic E-state index is 13.0. The number of amidine groups is 1. The van der Waals surface area contributed by atoms with Crippen molar-refractivity contribution >= 4 is 21.8 Å². The molecule has 0 spiro atoms. The standard InChI is InChI=1S/C25H23N5O3S/c31-25(22-12-7-13-29-14-15-34(32,33)28-24(22)29)26-16-21-18-30(17-19-8-3-1-4-9-19)27-23(21)20-10-5-2-6-11-20/h1-13,18H,14-17H2,(H,26,31). The Morgan fingerprint density at radius 1 is 1.03 bits per heavy atom. The zero-order valence-electron chi connectivity index (χ0n) is 18.3. The number of nitrogens with zero attached hydrogens (tertiary/aromatic N) is 4. The van der Waals surface area contributed by atoms with Crippen LogP contribution in [0.4, 0.5) is 0 Å². The molecule has 3 aromatic rings. The van der Waals surface area contributed by atoms with Gasteiger partial charge in [0.2, 0.25) is 0 Å². The molecule has 2 aliphatic heterocycles. The second kappa shape index (κ2) is 9.11. The van der Waals surface area contributed by atoms with Crippen LogP contribution in [0.5, 0.6) is 0 Å². The first-order valence-electron chi connectivity index (χ1n) is 10.9. The van der Waals surface area contributed by atoms with Crippen molar-refractivity contribution in [1.29, 1.82) is 0 Å². The smallest absolute Gasteiger partial charge is 0.256 e. The van der Waals surface area contributed by atoms with Crippen molar-refractivity contribution in [3.05, 3.63) is 102 Å². The molecule has 0 saturated carbocycles. The van der Waals surface area contributed by atoms with Crippen LogP contribution in [-0.2, 0) is 27.9 Å². The summed E-state index contributed by atoms with van der Waals surface area (Å²) >= 11 is 0. The summed E-state index contributed by atoms with van der Waals surface area (Å²) in [6.07, 6.45) is 6.96. The van der Waals surface area contributed by atoms with Gasteiger partial charge < -0.3 is 10.2 Å². The summed E-state index contributed by atoms with van der Waals surface area (Å²) < 4.78 is 29.7. The molecule has 1 N–H and O–H groups in total. The van der Waals surface area contributed by atoms with Crippen LogP contribution in [0, 0.1) is 0 Å². The molecule has 0 bridgehead atoms. The van der Waals surface area contributed by atoms with Crippen LogP contribution in [-0.4, -0.2) is 47.1 Å². The van der Waals surface area contributed by atoms with Gasteiger partial charge in [0.15, 0.2) is 5.84 Å². The quantitative estimate of drug-likeness (QED) is 0.594. The van der Waals surface area contributed by atoms with Gasteiger partial charge in [-0.1, -0.05) is 60.7 Å². The highest BCUT2D eigenvalue weighted by molar-refractivity contribution is 7.90. The van der Waals surface area contributed by atoms with E-state index in [1.54, 1.807) is 23.3 Å². The monoisotopic (exact) mass is 473 g/mol. The van der Waals surface area contributed by atoms with E-state index in [1.165, 1.54) is 0 Å². The Morgan fingerprint density at radius 2 is 1.76 bits per heavy atom. The Morgan fingerprint density at radius 3 is 2.53 bits per heavy atom. The summed E-state index contributed by atoms with van der Waals surface area (Å²) in [6, 6.07) is 19.8. The van der Waals surface area contributed by atoms with Crippen molar-refractivity contribution in [2.45, 2.75) is 13.1 Å². The molecule has 0 aliphatic carbocycles. The van der Waals surface area contributed by atoms with Crippen molar-refractivity contribution in [2.75, 3.05) is 12.3 Å². The van der Waals surface area contributed by atoms with Crippen LogP contribution in [0.2, 0.25) is 0 Å². The van der Waals surface area contributed by atoms with Gasteiger partial charge in [-0.05, 0) is 17.7 Å². The maximum atomic E-state index is 13.0. The molecule has 1 amide bonds. The number of hydrogen-bond donors (Lipinski definition) is 1. The van der Waals surface area contributed by atoms with Crippen LogP contribution >= 0.6 is 0 Å². The van der Waals surface area contributed by atoms with E-state index in [4.69, 9.17) is 5.10 Å². The third kappa shape index (κ3) is 4.69. The predicted molar refractivity (Wildman–Crippen MR) is 130 cm³/mol. The lowest BCUT2D eigenvalue weighted by atomic mass is 10.1. The van der Waals surface area contributed by atoms with Crippen molar-refractivity contribution in [1.82, 2.24) is 20.0 Å². The predicted octanol–water partition coefficient (Wildman–Crippen LogP) is 2.71. The Balaban J connectivity index is 1.39. The first kappa shape index (κ1) is 21.8. The van der Waals surface area contributed by atoms with Gasteiger partial charge >= 0.3 is 0 Å². The van der Waals surface area contributed by atoms with E-state index in [-0.39, 0.29) is 36.2 Å². The highest BCUT2D eigenvalue weighted by atomic mass is 32.2. The van der Waals surface area contributed by atoms with Gasteiger partial charge in [-0.25, -0.2) is 8.42 Å². The first-order valence-corrected chi connectivity index (χ1v) is 12.5. The molecule has 2 aliphatic rings. The lowest BCUT2D eigenvalue weighted by Crippen LogP contribution is -2.42. The molecule has 0 saturated heterocycles. The van der Waals surface area contributed by atoms with E-state index in [2.05, 4.69) is 9.71 Å². The van der Waals surface area contributed by atoms with E-state index in [1.807, 2.05) is 71.5 Å². The first-order chi connectivity index (χ1) is 16.5. The number of rotatable bonds is 6. The molecule has 34 heavy (non-hydrogen) atoms. The fourth-order valence-electron chi connectivity index (χ4n) is 3.95. The fraction of sp³-hybridized carbons (Fsp3) is 0.160. The molecule has 2 aromatic carbocycles. The summed E-state index contributed by atoms with van der Waals surface area (Å²) in [7, 11) is -3.58. The minimum absolute atomic E-state index is 0.0726. The van der Waals surface area contributed by atoms with Crippen LogP contribution in [0.15, 0.2) is 95.2 Å². The number of fused-ring (bicyclic) bond motifs is 1. The Kier molecular flexibility index (Phi) is 5.85. The molecule has 172 valence electrons. The van der Waals surface area contributed by atoms with Gasteiger partial charge in [-0.2, -0.15) is 5.10 Å². The van der Waals surface area contributed by atoms with Crippen molar-refractivity contribution in [3.8, 4) is 11.3 Å². The van der Waals surface area contributed by atoms with Crippen molar-refractivity contribution in [3.63, 3.8) is 0 Å². The fourth-order valence-corrected chi connectivity index (χ4v) is 4.93. The van der Waals surface area contributed by atoms with Gasteiger partial charge in [0.05, 0.1) is 23.6 Å². The maximum Gasteiger partial charge on any atom is 0.256 e. The van der Waals surface area contributed by atoms with E-state index in [0.717, 1.165) is 22.4 Å². The highest BCUT2D eigenvalue weighted by Crippen LogP contribution is 2.23. The number of sulfonamides is 1. The SMILES string of the molecule is O=C(NCc1cn(Cc2ccccc2)nc1-c1ccccc1)C1=CC=CN2CCS(=O)(=O)N=C12. The van der Waals surface area contributed by atoms with Gasteiger partial charge in [0.1, 0.15) is 0 Å². The second-order valence-electron chi connectivity index (χ2n) is 8.05. The lowest BCUT2D eigenvalue weighted by molar-refractivity contribution is -0.117. The van der Waals surface area contributed by atoms with Crippen LogP contribution < -0.4 is 5.32 Å².